The Balaban J connectivity index is 0.00000400. The largest absolute Gasteiger partial charge is 2.00 e. The Kier molecular flexibility index (Phi) is 10.4. The van der Waals surface area contributed by atoms with Crippen LogP contribution in [0.3, 0.4) is 0 Å². The van der Waals surface area contributed by atoms with Crippen molar-refractivity contribution in [2.24, 2.45) is 0 Å². The third-order valence-electron chi connectivity index (χ3n) is 7.22. The van der Waals surface area contributed by atoms with Crippen LogP contribution < -0.4 is 10.2 Å². The Bertz CT molecular complexity index is 1930. The van der Waals surface area contributed by atoms with E-state index in [1.807, 2.05) is 91.0 Å². The van der Waals surface area contributed by atoms with Gasteiger partial charge in [-0.25, -0.2) is 0 Å². The number of hydrogen-bond donors (Lipinski definition) is 1. The number of hydrogen-bond acceptors (Lipinski definition) is 4. The van der Waals surface area contributed by atoms with Gasteiger partial charge in [0, 0.05) is 9.79 Å². The molecule has 0 aromatic heterocycles. The zero-order chi connectivity index (χ0) is 30.3. The summed E-state index contributed by atoms with van der Waals surface area (Å²) >= 11 is 5.68. The van der Waals surface area contributed by atoms with Crippen molar-refractivity contribution in [3.05, 3.63) is 162 Å². The fourth-order valence-electron chi connectivity index (χ4n) is 4.80. The van der Waals surface area contributed by atoms with Gasteiger partial charge in [-0.3, -0.25) is 0 Å². The van der Waals surface area contributed by atoms with Gasteiger partial charge >= 0.3 is 10.1 Å². The van der Waals surface area contributed by atoms with Gasteiger partial charge in [-0.15, -0.1) is 12.6 Å². The molecule has 2 nitrogen and oxygen atoms in total. The van der Waals surface area contributed by atoms with E-state index in [1.54, 1.807) is 12.1 Å². The van der Waals surface area contributed by atoms with Gasteiger partial charge in [0.05, 0.1) is 0 Å². The van der Waals surface area contributed by atoms with E-state index >= 15 is 0 Å². The van der Waals surface area contributed by atoms with Crippen molar-refractivity contribution >= 4 is 58.8 Å². The Morgan fingerprint density at radius 2 is 0.867 bits per heavy atom. The summed E-state index contributed by atoms with van der Waals surface area (Å²) in [4.78, 5) is 1.32. The Morgan fingerprint density at radius 3 is 1.38 bits per heavy atom. The minimum Gasteiger partial charge on any atom is -0.872 e. The molecule has 6 aromatic rings. The SMILES string of the molecule is [Be+2].[O-]c1ccc(-c2ccc(/C=C/c3ccccc3)cc2)cc1Sc1cc(-c2ccc(/C=C/c3ccccc3)cc2)cc(S)c1[O-]. The average molecular weight is 614 g/mol. The number of thiol groups is 1. The maximum Gasteiger partial charge on any atom is 2.00 e. The standard InChI is InChI=1S/C40H30O2S2.Be/c41-36-24-23-34(32-19-15-30(16-20-32)13-11-28-7-3-1-4-8-28)26-38(36)44-39-27-35(25-37(43)40(39)42)33-21-17-31(18-22-33)14-12-29-9-5-2-6-10-29;/h1-27,41-43H;/q;+2/p-2/b13-11+,14-12+;. The maximum absolute atomic E-state index is 13.1. The Morgan fingerprint density at radius 1 is 0.444 bits per heavy atom. The molecule has 214 valence electrons. The third-order valence-corrected chi connectivity index (χ3v) is 8.62. The van der Waals surface area contributed by atoms with Crippen molar-refractivity contribution < 1.29 is 10.2 Å². The topological polar surface area (TPSA) is 46.1 Å². The predicted octanol–water partition coefficient (Wildman–Crippen LogP) is 9.57. The van der Waals surface area contributed by atoms with E-state index in [2.05, 4.69) is 73.3 Å². The Hall–Kier alpha value is -4.73. The molecule has 0 radical (unpaired) electrons. The molecule has 0 fully saturated rings. The predicted molar refractivity (Wildman–Crippen MR) is 191 cm³/mol. The van der Waals surface area contributed by atoms with Gasteiger partial charge in [0.15, 0.2) is 0 Å². The van der Waals surface area contributed by atoms with E-state index in [-0.39, 0.29) is 21.6 Å². The minimum absolute atomic E-state index is 0. The first-order valence-corrected chi connectivity index (χ1v) is 15.5. The van der Waals surface area contributed by atoms with Crippen molar-refractivity contribution in [3.8, 4) is 33.8 Å². The molecule has 45 heavy (non-hydrogen) atoms. The van der Waals surface area contributed by atoms with Crippen LogP contribution in [0.5, 0.6) is 11.5 Å². The summed E-state index contributed by atoms with van der Waals surface area (Å²) in [7, 11) is 0. The van der Waals surface area contributed by atoms with Crippen molar-refractivity contribution in [3.63, 3.8) is 0 Å². The summed E-state index contributed by atoms with van der Waals surface area (Å²) in [6.45, 7) is 0. The van der Waals surface area contributed by atoms with Crippen LogP contribution in [0.4, 0.5) is 0 Å². The molecule has 0 bridgehead atoms. The second-order valence-corrected chi connectivity index (χ2v) is 11.9. The van der Waals surface area contributed by atoms with Crippen molar-refractivity contribution in [2.45, 2.75) is 14.7 Å². The smallest absolute Gasteiger partial charge is 0.872 e. The second-order valence-electron chi connectivity index (χ2n) is 10.3. The van der Waals surface area contributed by atoms with Gasteiger partial charge in [-0.1, -0.05) is 169 Å². The molecule has 0 amide bonds. The summed E-state index contributed by atoms with van der Waals surface area (Å²) in [5, 5.41) is 26.0. The zero-order valence-electron chi connectivity index (χ0n) is 24.5. The van der Waals surface area contributed by atoms with Crippen LogP contribution in [0.1, 0.15) is 22.3 Å². The molecule has 5 heteroatoms. The van der Waals surface area contributed by atoms with Crippen LogP contribution in [0.15, 0.2) is 154 Å². The van der Waals surface area contributed by atoms with Crippen LogP contribution >= 0.6 is 24.4 Å². The van der Waals surface area contributed by atoms with Crippen molar-refractivity contribution in [1.82, 2.24) is 0 Å². The minimum atomic E-state index is -0.191. The van der Waals surface area contributed by atoms with Crippen LogP contribution in [0, 0.1) is 0 Å². The Labute approximate surface area is 278 Å². The first kappa shape index (κ1) is 31.7. The fourth-order valence-corrected chi connectivity index (χ4v) is 6.12. The number of rotatable bonds is 8. The van der Waals surface area contributed by atoms with E-state index in [0.29, 0.717) is 14.7 Å². The molecule has 6 rings (SSSR count). The molecule has 0 saturated carbocycles. The first-order chi connectivity index (χ1) is 21.5. The molecular formula is C40H28BeO2S2. The van der Waals surface area contributed by atoms with Gasteiger partial charge < -0.3 is 10.2 Å². The zero-order valence-corrected chi connectivity index (χ0v) is 26.2. The van der Waals surface area contributed by atoms with Crippen molar-refractivity contribution in [1.29, 1.82) is 0 Å². The van der Waals surface area contributed by atoms with Crippen LogP contribution in [-0.4, -0.2) is 10.1 Å². The van der Waals surface area contributed by atoms with Gasteiger partial charge in [0.2, 0.25) is 0 Å². The number of benzene rings is 6. The molecule has 0 N–H and O–H groups in total. The summed E-state index contributed by atoms with van der Waals surface area (Å²) in [6, 6.07) is 45.6. The van der Waals surface area contributed by atoms with E-state index in [1.165, 1.54) is 11.8 Å². The molecule has 0 unspecified atom stereocenters. The summed E-state index contributed by atoms with van der Waals surface area (Å²) in [5.74, 6) is -0.315. The molecule has 0 saturated heterocycles. The fraction of sp³-hybridized carbons (Fsp3) is 0. The van der Waals surface area contributed by atoms with Gasteiger partial charge in [-0.2, -0.15) is 0 Å². The normalized spacial score (nSPS) is 11.1. The van der Waals surface area contributed by atoms with E-state index < -0.39 is 0 Å². The molecule has 0 aliphatic rings. The molecular weight excluding hydrogens is 586 g/mol. The van der Waals surface area contributed by atoms with Crippen LogP contribution in [-0.2, 0) is 0 Å². The second kappa shape index (κ2) is 14.8. The van der Waals surface area contributed by atoms with E-state index in [4.69, 9.17) is 0 Å². The summed E-state index contributed by atoms with van der Waals surface area (Å²) in [5.41, 5.74) is 8.20. The van der Waals surface area contributed by atoms with Gasteiger partial charge in [0.1, 0.15) is 0 Å². The molecule has 0 spiro atoms. The average Bonchev–Trinajstić information content (AvgIpc) is 3.07. The summed E-state index contributed by atoms with van der Waals surface area (Å²) < 4.78 is 0. The van der Waals surface area contributed by atoms with Crippen LogP contribution in [0.25, 0.3) is 46.6 Å². The van der Waals surface area contributed by atoms with E-state index in [9.17, 15) is 10.2 Å². The maximum atomic E-state index is 13.1. The summed E-state index contributed by atoms with van der Waals surface area (Å²) in [6.07, 6.45) is 8.31. The molecule has 0 atom stereocenters. The van der Waals surface area contributed by atoms with Crippen LogP contribution in [0.2, 0.25) is 0 Å². The van der Waals surface area contributed by atoms with Crippen molar-refractivity contribution in [2.75, 3.05) is 0 Å². The molecule has 0 aliphatic heterocycles. The van der Waals surface area contributed by atoms with Gasteiger partial charge in [0.25, 0.3) is 0 Å². The third kappa shape index (κ3) is 8.06. The van der Waals surface area contributed by atoms with E-state index in [0.717, 1.165) is 44.5 Å². The quantitative estimate of drug-likeness (QED) is 0.106. The molecule has 0 heterocycles. The van der Waals surface area contributed by atoms with Gasteiger partial charge in [-0.05, 0) is 67.6 Å². The molecule has 0 aliphatic carbocycles. The molecule has 6 aromatic carbocycles. The first-order valence-electron chi connectivity index (χ1n) is 14.2. The monoisotopic (exact) mass is 613 g/mol.